The maximum Gasteiger partial charge on any atom is 0.171 e. The van der Waals surface area contributed by atoms with Crippen LogP contribution in [0, 0.1) is 6.92 Å². The lowest BCUT2D eigenvalue weighted by Crippen LogP contribution is -1.91. The number of H-pyrrole nitrogens is 1. The maximum atomic E-state index is 5.61. The van der Waals surface area contributed by atoms with Crippen LogP contribution >= 0.6 is 0 Å². The van der Waals surface area contributed by atoms with Crippen molar-refractivity contribution in [2.45, 2.75) is 6.92 Å². The zero-order chi connectivity index (χ0) is 8.01. The van der Waals surface area contributed by atoms with Crippen molar-refractivity contribution in [3.63, 3.8) is 0 Å². The number of nitrogen functional groups attached to an aromatic ring is 2. The monoisotopic (exact) mass is 151 g/mol. The molecule has 0 fully saturated rings. The minimum atomic E-state index is 0.372. The fourth-order valence-electron chi connectivity index (χ4n) is 1.09. The molecule has 0 aliphatic carbocycles. The standard InChI is InChI=1S/C6H9N5/c1-3-2-11-6(9-3)4(7)5(8)10-11/h2,9H,7H2,1H3,(H2,8,10). The van der Waals surface area contributed by atoms with Crippen molar-refractivity contribution in [2.75, 3.05) is 11.5 Å². The summed E-state index contributed by atoms with van der Waals surface area (Å²) >= 11 is 0. The molecule has 5 N–H and O–H groups in total. The average Bonchev–Trinajstić information content (AvgIpc) is 2.37. The molecule has 0 radical (unpaired) electrons. The Morgan fingerprint density at radius 3 is 2.91 bits per heavy atom. The minimum Gasteiger partial charge on any atom is -0.393 e. The Kier molecular flexibility index (Phi) is 0.934. The van der Waals surface area contributed by atoms with Crippen LogP contribution in [0.1, 0.15) is 5.69 Å². The SMILES string of the molecule is Cc1cn2nc(N)c(N)c2[nH]1. The van der Waals surface area contributed by atoms with Gasteiger partial charge in [-0.15, -0.1) is 5.10 Å². The van der Waals surface area contributed by atoms with E-state index in [-0.39, 0.29) is 0 Å². The molecule has 0 aliphatic heterocycles. The first kappa shape index (κ1) is 6.09. The van der Waals surface area contributed by atoms with Crippen LogP contribution in [0.5, 0.6) is 0 Å². The number of hydrogen-bond donors (Lipinski definition) is 3. The average molecular weight is 151 g/mol. The maximum absolute atomic E-state index is 5.61. The van der Waals surface area contributed by atoms with Gasteiger partial charge in [-0.05, 0) is 6.92 Å². The third-order valence-electron chi connectivity index (χ3n) is 1.61. The summed E-state index contributed by atoms with van der Waals surface area (Å²) in [4.78, 5) is 3.04. The fraction of sp³-hybridized carbons (Fsp3) is 0.167. The van der Waals surface area contributed by atoms with Crippen molar-refractivity contribution in [2.24, 2.45) is 0 Å². The minimum absolute atomic E-state index is 0.372. The van der Waals surface area contributed by atoms with Gasteiger partial charge in [0.1, 0.15) is 5.69 Å². The van der Waals surface area contributed by atoms with Gasteiger partial charge in [0.25, 0.3) is 0 Å². The van der Waals surface area contributed by atoms with Gasteiger partial charge in [-0.25, -0.2) is 4.52 Å². The molecule has 2 aromatic rings. The molecule has 0 atom stereocenters. The van der Waals surface area contributed by atoms with Gasteiger partial charge < -0.3 is 16.5 Å². The number of imidazole rings is 1. The first-order valence-electron chi connectivity index (χ1n) is 3.27. The number of aromatic nitrogens is 3. The lowest BCUT2D eigenvalue weighted by molar-refractivity contribution is 0.978. The molecule has 0 aromatic carbocycles. The van der Waals surface area contributed by atoms with Crippen molar-refractivity contribution in [1.82, 2.24) is 14.6 Å². The smallest absolute Gasteiger partial charge is 0.171 e. The molecule has 11 heavy (non-hydrogen) atoms. The second-order valence-corrected chi connectivity index (χ2v) is 2.53. The summed E-state index contributed by atoms with van der Waals surface area (Å²) < 4.78 is 1.64. The lowest BCUT2D eigenvalue weighted by atomic mass is 10.5. The molecule has 0 amide bonds. The van der Waals surface area contributed by atoms with Gasteiger partial charge in [0.2, 0.25) is 0 Å². The van der Waals surface area contributed by atoms with Crippen LogP contribution in [-0.4, -0.2) is 14.6 Å². The van der Waals surface area contributed by atoms with Crippen LogP contribution in [0.15, 0.2) is 6.20 Å². The molecule has 0 spiro atoms. The summed E-state index contributed by atoms with van der Waals surface area (Å²) in [5, 5.41) is 3.97. The summed E-state index contributed by atoms with van der Waals surface area (Å²) in [6, 6.07) is 0. The van der Waals surface area contributed by atoms with Crippen LogP contribution in [0.3, 0.4) is 0 Å². The Bertz CT molecular complexity index is 396. The first-order valence-corrected chi connectivity index (χ1v) is 3.27. The van der Waals surface area contributed by atoms with E-state index in [1.165, 1.54) is 0 Å². The second kappa shape index (κ2) is 1.69. The van der Waals surface area contributed by atoms with E-state index in [0.29, 0.717) is 11.5 Å². The highest BCUT2D eigenvalue weighted by Gasteiger charge is 2.07. The largest absolute Gasteiger partial charge is 0.393 e. The predicted molar refractivity (Wildman–Crippen MR) is 43.1 cm³/mol. The highest BCUT2D eigenvalue weighted by molar-refractivity contribution is 5.76. The van der Waals surface area contributed by atoms with E-state index in [4.69, 9.17) is 11.5 Å². The first-order chi connectivity index (χ1) is 5.18. The number of nitrogens with one attached hydrogen (secondary N) is 1. The Morgan fingerprint density at radius 2 is 2.27 bits per heavy atom. The molecule has 0 unspecified atom stereocenters. The van der Waals surface area contributed by atoms with Crippen molar-refractivity contribution < 1.29 is 0 Å². The van der Waals surface area contributed by atoms with Gasteiger partial charge in [-0.2, -0.15) is 0 Å². The molecule has 2 heterocycles. The quantitative estimate of drug-likeness (QED) is 0.500. The van der Waals surface area contributed by atoms with Gasteiger partial charge in [0.15, 0.2) is 11.5 Å². The number of rotatable bonds is 0. The van der Waals surface area contributed by atoms with Gasteiger partial charge in [0, 0.05) is 5.69 Å². The van der Waals surface area contributed by atoms with Gasteiger partial charge in [0.05, 0.1) is 6.20 Å². The van der Waals surface area contributed by atoms with Crippen molar-refractivity contribution in [3.8, 4) is 0 Å². The van der Waals surface area contributed by atoms with Crippen LogP contribution < -0.4 is 11.5 Å². The summed E-state index contributed by atoms with van der Waals surface area (Å²) in [5.41, 5.74) is 13.4. The molecule has 0 saturated carbocycles. The van der Waals surface area contributed by atoms with Crippen LogP contribution in [-0.2, 0) is 0 Å². The van der Waals surface area contributed by atoms with E-state index in [2.05, 4.69) is 10.1 Å². The Labute approximate surface area is 63.0 Å². The molecule has 58 valence electrons. The Morgan fingerprint density at radius 1 is 1.55 bits per heavy atom. The number of aryl methyl sites for hydroxylation is 1. The summed E-state index contributed by atoms with van der Waals surface area (Å²) in [7, 11) is 0. The third kappa shape index (κ3) is 0.674. The number of hydrogen-bond acceptors (Lipinski definition) is 3. The van der Waals surface area contributed by atoms with Gasteiger partial charge >= 0.3 is 0 Å². The number of aromatic amines is 1. The van der Waals surface area contributed by atoms with Crippen molar-refractivity contribution in [3.05, 3.63) is 11.9 Å². The molecule has 2 rings (SSSR count). The van der Waals surface area contributed by atoms with Gasteiger partial charge in [-0.1, -0.05) is 0 Å². The highest BCUT2D eigenvalue weighted by Crippen LogP contribution is 2.18. The van der Waals surface area contributed by atoms with Crippen molar-refractivity contribution >= 4 is 17.2 Å². The molecule has 0 bridgehead atoms. The molecule has 5 nitrogen and oxygen atoms in total. The fourth-order valence-corrected chi connectivity index (χ4v) is 1.09. The third-order valence-corrected chi connectivity index (χ3v) is 1.61. The summed E-state index contributed by atoms with van der Waals surface area (Å²) in [6.07, 6.45) is 1.84. The molecule has 0 saturated heterocycles. The topological polar surface area (TPSA) is 85.1 Å². The number of nitrogens with two attached hydrogens (primary N) is 2. The summed E-state index contributed by atoms with van der Waals surface area (Å²) in [6.45, 7) is 1.93. The second-order valence-electron chi connectivity index (χ2n) is 2.53. The molecule has 2 aromatic heterocycles. The Hall–Kier alpha value is -1.65. The van der Waals surface area contributed by atoms with E-state index in [0.717, 1.165) is 11.3 Å². The van der Waals surface area contributed by atoms with Crippen molar-refractivity contribution in [1.29, 1.82) is 0 Å². The van der Waals surface area contributed by atoms with E-state index in [1.54, 1.807) is 4.52 Å². The van der Waals surface area contributed by atoms with E-state index >= 15 is 0 Å². The van der Waals surface area contributed by atoms with Crippen LogP contribution in [0.2, 0.25) is 0 Å². The predicted octanol–water partition coefficient (Wildman–Crippen LogP) is 0.135. The van der Waals surface area contributed by atoms with E-state index < -0.39 is 0 Å². The number of fused-ring (bicyclic) bond motifs is 1. The highest BCUT2D eigenvalue weighted by atomic mass is 15.3. The number of nitrogens with zero attached hydrogens (tertiary/aromatic N) is 2. The van der Waals surface area contributed by atoms with Crippen LogP contribution in [0.25, 0.3) is 5.65 Å². The molecule has 0 aliphatic rings. The van der Waals surface area contributed by atoms with Gasteiger partial charge in [-0.3, -0.25) is 0 Å². The van der Waals surface area contributed by atoms with E-state index in [1.807, 2.05) is 13.1 Å². The zero-order valence-electron chi connectivity index (χ0n) is 6.13. The lowest BCUT2D eigenvalue weighted by Gasteiger charge is -1.84. The number of anilines is 2. The molecular formula is C6H9N5. The molecular weight excluding hydrogens is 142 g/mol. The zero-order valence-corrected chi connectivity index (χ0v) is 6.13. The van der Waals surface area contributed by atoms with Crippen LogP contribution in [0.4, 0.5) is 11.5 Å². The van der Waals surface area contributed by atoms with E-state index in [9.17, 15) is 0 Å². The summed E-state index contributed by atoms with van der Waals surface area (Å²) in [5.74, 6) is 0.372. The Balaban J connectivity index is 2.88. The molecule has 5 heteroatoms. The normalized spacial score (nSPS) is 11.0.